The van der Waals surface area contributed by atoms with Gasteiger partial charge in [0.2, 0.25) is 0 Å². The molecule has 0 atom stereocenters. The Labute approximate surface area is 1010 Å². The standard InChI is InChI=1S/CH3.32Y/h1H3;;;;;;;;;;;;;;;;;;;;;;;;;;;;;;;;/q-1;;;;;;;;;;;;;;;;;;;;;;;;;;;;;;;;. The first-order valence-corrected chi connectivity index (χ1v) is 0. The van der Waals surface area contributed by atoms with Crippen LogP contribution in [0.1, 0.15) is 0 Å². The van der Waals surface area contributed by atoms with Crippen LogP contribution in [-0.2, 0) is 1050 Å². The van der Waals surface area contributed by atoms with Gasteiger partial charge in [0.15, 0.2) is 0 Å². The Balaban J connectivity index is 0. The zero-order valence-corrected chi connectivity index (χ0v) is 110. The summed E-state index contributed by atoms with van der Waals surface area (Å²) in [7, 11) is 0. The van der Waals surface area contributed by atoms with Gasteiger partial charge in [-0.2, -0.15) is 0 Å². The van der Waals surface area contributed by atoms with Gasteiger partial charge in [0, 0.05) is 1050 Å². The van der Waals surface area contributed by atoms with Gasteiger partial charge in [-0.25, -0.2) is 0 Å². The van der Waals surface area contributed by atoms with E-state index in [0.29, 0.717) is 0 Å². The maximum absolute atomic E-state index is 0. The molecule has 0 rings (SSSR count). The predicted octanol–water partition coefficient (Wildman–Crippen LogP) is 0.370. The molecule has 0 nitrogen and oxygen atoms in total. The van der Waals surface area contributed by atoms with Crippen molar-refractivity contribution in [2.45, 2.75) is 0 Å². The van der Waals surface area contributed by atoms with Crippen LogP contribution < -0.4 is 0 Å². The number of hydrogen-bond donors (Lipinski definition) is 0. The molecule has 0 aromatic heterocycles. The van der Waals surface area contributed by atoms with Crippen molar-refractivity contribution in [3.8, 4) is 0 Å². The molecule has 0 aromatic rings. The fourth-order valence-electron chi connectivity index (χ4n) is 0. The van der Waals surface area contributed by atoms with Crippen LogP contribution >= 0.6 is 0 Å². The van der Waals surface area contributed by atoms with E-state index in [2.05, 4.69) is 0 Å². The Hall–Kier alpha value is 35.3. The first-order chi connectivity index (χ1) is 0. The molecule has 0 fully saturated rings. The second-order valence-corrected chi connectivity index (χ2v) is 0. The van der Waals surface area contributed by atoms with Gasteiger partial charge in [-0.05, 0) is 0 Å². The van der Waals surface area contributed by atoms with Gasteiger partial charge in [-0.1, -0.05) is 0 Å². The molecule has 32 radical (unpaired) electrons. The van der Waals surface area contributed by atoms with Crippen LogP contribution in [0, 0.1) is 7.43 Å². The minimum Gasteiger partial charge on any atom is -0.358 e. The topological polar surface area (TPSA) is 0 Å². The summed E-state index contributed by atoms with van der Waals surface area (Å²) in [6.45, 7) is 0. The second-order valence-electron chi connectivity index (χ2n) is 0. The van der Waals surface area contributed by atoms with E-state index < -0.39 is 0 Å². The summed E-state index contributed by atoms with van der Waals surface area (Å²) in [5.41, 5.74) is 0. The van der Waals surface area contributed by atoms with E-state index in [9.17, 15) is 0 Å². The summed E-state index contributed by atoms with van der Waals surface area (Å²) in [5, 5.41) is 0. The Kier molecular flexibility index (Phi) is 1780. The molecule has 0 heterocycles. The first kappa shape index (κ1) is 248. The van der Waals surface area contributed by atoms with Crippen molar-refractivity contribution in [3.05, 3.63) is 7.43 Å². The normalized spacial score (nSPS) is 0. The Morgan fingerprint density at radius 3 is 0.0606 bits per heavy atom. The summed E-state index contributed by atoms with van der Waals surface area (Å²) in [5.74, 6) is 0. The van der Waals surface area contributed by atoms with Gasteiger partial charge >= 0.3 is 0 Å². The summed E-state index contributed by atoms with van der Waals surface area (Å²) < 4.78 is 0. The molecule has 32 heteroatoms. The smallest absolute Gasteiger partial charge is 0 e. The van der Waals surface area contributed by atoms with Gasteiger partial charge in [-0.3, -0.25) is 0 Å². The van der Waals surface area contributed by atoms with Crippen LogP contribution in [0.5, 0.6) is 0 Å². The molecule has 0 unspecified atom stereocenters. The Morgan fingerprint density at radius 2 is 0.0606 bits per heavy atom. The molecule has 0 N–H and O–H groups in total. The average molecular weight is 2860 g/mol. The number of rotatable bonds is 0. The van der Waals surface area contributed by atoms with Crippen molar-refractivity contribution < 1.29 is 1050 Å². The quantitative estimate of drug-likeness (QED) is 0.309. The molecular weight excluding hydrogens is 2860 g/mol. The Bertz CT molecular complexity index is 6.47. The van der Waals surface area contributed by atoms with Gasteiger partial charge in [-0.15, -0.1) is 0 Å². The summed E-state index contributed by atoms with van der Waals surface area (Å²) >= 11 is 0. The van der Waals surface area contributed by atoms with Crippen LogP contribution in [0.4, 0.5) is 0 Å². The second kappa shape index (κ2) is 237. The van der Waals surface area contributed by atoms with E-state index in [0.717, 1.165) is 0 Å². The van der Waals surface area contributed by atoms with E-state index in [1.54, 1.807) is 0 Å². The first-order valence-electron chi connectivity index (χ1n) is 0. The Morgan fingerprint density at radius 1 is 0.0606 bits per heavy atom. The fraction of sp³-hybridized carbons (Fsp3) is 0. The van der Waals surface area contributed by atoms with E-state index in [1.165, 1.54) is 0 Å². The van der Waals surface area contributed by atoms with E-state index in [-0.39, 0.29) is 1050 Å². The molecular formula is CH3Y32-. The molecule has 0 spiro atoms. The van der Waals surface area contributed by atoms with Crippen LogP contribution in [0.3, 0.4) is 0 Å². The third-order valence-electron chi connectivity index (χ3n) is 0. The van der Waals surface area contributed by atoms with Crippen molar-refractivity contribution in [2.24, 2.45) is 0 Å². The molecule has 0 saturated heterocycles. The zero-order chi connectivity index (χ0) is 0. The van der Waals surface area contributed by atoms with Crippen LogP contribution in [0.25, 0.3) is 0 Å². The van der Waals surface area contributed by atoms with Gasteiger partial charge < -0.3 is 7.43 Å². The third kappa shape index (κ3) is 230. The summed E-state index contributed by atoms with van der Waals surface area (Å²) in [6.07, 6.45) is 0. The van der Waals surface area contributed by atoms with E-state index in [4.69, 9.17) is 0 Å². The largest absolute Gasteiger partial charge is 0.358 e. The molecule has 0 bridgehead atoms. The maximum atomic E-state index is 0. The van der Waals surface area contributed by atoms with Crippen molar-refractivity contribution in [2.75, 3.05) is 0 Å². The SMILES string of the molecule is [CH3-].[Y].[Y].[Y].[Y].[Y].[Y].[Y].[Y].[Y].[Y].[Y].[Y].[Y].[Y].[Y].[Y].[Y].[Y].[Y].[Y].[Y].[Y].[Y].[Y].[Y].[Y].[Y].[Y].[Y].[Y].[Y].[Y]. The van der Waals surface area contributed by atoms with Gasteiger partial charge in [0.1, 0.15) is 0 Å². The van der Waals surface area contributed by atoms with Crippen LogP contribution in [-0.4, -0.2) is 0 Å². The monoisotopic (exact) mass is 2860 g/mol. The molecule has 0 amide bonds. The van der Waals surface area contributed by atoms with E-state index in [1.807, 2.05) is 0 Å². The molecule has 0 saturated carbocycles. The fourth-order valence-corrected chi connectivity index (χ4v) is 0. The van der Waals surface area contributed by atoms with Crippen molar-refractivity contribution >= 4 is 0 Å². The minimum atomic E-state index is 0. The molecule has 104 valence electrons. The van der Waals surface area contributed by atoms with Gasteiger partial charge in [0.05, 0.1) is 0 Å². The molecule has 0 aromatic carbocycles. The van der Waals surface area contributed by atoms with Crippen molar-refractivity contribution in [3.63, 3.8) is 0 Å². The average Bonchev–Trinajstić information content (AvgIpc) is 0. The van der Waals surface area contributed by atoms with Crippen molar-refractivity contribution in [1.82, 2.24) is 0 Å². The van der Waals surface area contributed by atoms with Crippen molar-refractivity contribution in [1.29, 1.82) is 0 Å². The maximum Gasteiger partial charge on any atom is 0 e. The molecule has 0 aliphatic carbocycles. The molecule has 0 aliphatic heterocycles. The minimum absolute atomic E-state index is 0. The van der Waals surface area contributed by atoms with Crippen LogP contribution in [0.15, 0.2) is 0 Å². The van der Waals surface area contributed by atoms with Crippen LogP contribution in [0.2, 0.25) is 0 Å². The van der Waals surface area contributed by atoms with E-state index >= 15 is 0 Å². The molecule has 33 heavy (non-hydrogen) atoms. The summed E-state index contributed by atoms with van der Waals surface area (Å²) in [6, 6.07) is 0. The molecule has 0 aliphatic rings. The number of hydrogen-bond acceptors (Lipinski definition) is 0. The summed E-state index contributed by atoms with van der Waals surface area (Å²) in [4.78, 5) is 0. The zero-order valence-electron chi connectivity index (χ0n) is 19.5. The third-order valence-corrected chi connectivity index (χ3v) is 0. The van der Waals surface area contributed by atoms with Gasteiger partial charge in [0.25, 0.3) is 0 Å². The predicted molar refractivity (Wildman–Crippen MR) is 6.41 cm³/mol.